The number of alkyl carbamates (subject to hydrolysis) is 1. The Morgan fingerprint density at radius 3 is 1.79 bits per heavy atom. The van der Waals surface area contributed by atoms with E-state index in [4.69, 9.17) is 9.47 Å². The number of ether oxygens (including phenoxy) is 2. The minimum Gasteiger partial charge on any atom is -0.444 e. The SMILES string of the molecule is C[C@H](O)[C@@H]1CO[C@@H](O)[C@@H]2NC(=O)[C@H](CCCCNC(=O)OC(C)(C)C)NC(=O)[C@@H](Cc3c[nH]c4ccccc34)NC(=O)C(Cc3ccccc3)NC(=O)[C@@H](NC[C@@H](Cc3ccccc3)NC(=O)C(CCSC(c3ccccc3)(c3ccccc3)c3ccccc3)S(=O)(=O)O)CSSCC(NC2=O)C(=O)N1. The standard InChI is InChI=1S/C76H92N10O15S4/c1-48(87)61-45-100-73(95)65-72(94)85-63(70(92)84-61)47-104-103-46-62(79-44-55(40-49-24-10-5-11-25-49)80-71(93)64(105(97,98)99)37-39-102-76(52-28-14-7-15-29-52,53-30-16-8-17-31-53)54-32-18-9-19-33-54)69(91)82-59(41-50-26-12-6-13-27-50)67(89)83-60(42-51-43-78-57-35-21-20-34-56(51)57)68(90)81-58(66(88)86-65)36-22-23-38-77-74(96)101-75(2,3)4/h5-21,24-35,43,48,55,58-65,73,78-79,87,95H,22-23,36-42,44-47H2,1-4H3,(H,77,96)(H,80,93)(H,81,90)(H,82,91)(H,83,89)(H,84,92)(H,85,94)(H,86,88)(H,97,98,99)/t48-,55+,58-,59?,60+,61-,62-,63?,64?,65+,73+/m0/s1. The number of unbranched alkanes of at least 4 members (excludes halogenated alkanes) is 1. The first kappa shape index (κ1) is 80.3. The number of aromatic nitrogens is 1. The van der Waals surface area contributed by atoms with Gasteiger partial charge in [0.15, 0.2) is 17.6 Å². The minimum absolute atomic E-state index is 0.0564. The zero-order chi connectivity index (χ0) is 75.1. The van der Waals surface area contributed by atoms with Gasteiger partial charge in [-0.1, -0.05) is 191 Å². The van der Waals surface area contributed by atoms with Crippen molar-refractivity contribution in [1.82, 2.24) is 52.8 Å². The van der Waals surface area contributed by atoms with Crippen LogP contribution in [0.2, 0.25) is 0 Å². The summed E-state index contributed by atoms with van der Waals surface area (Å²) < 4.78 is 48.4. The number of para-hydroxylation sites is 1. The number of amides is 8. The molecule has 0 radical (unpaired) electrons. The Balaban J connectivity index is 1.05. The monoisotopic (exact) mass is 1510 g/mol. The highest BCUT2D eigenvalue weighted by Gasteiger charge is 2.42. The number of H-pyrrole nitrogens is 1. The van der Waals surface area contributed by atoms with E-state index in [1.807, 2.05) is 109 Å². The third kappa shape index (κ3) is 23.4. The maximum Gasteiger partial charge on any atom is 0.407 e. The van der Waals surface area contributed by atoms with Crippen molar-refractivity contribution in [3.8, 4) is 0 Å². The highest BCUT2D eigenvalue weighted by atomic mass is 33.1. The van der Waals surface area contributed by atoms with Crippen LogP contribution in [0, 0.1) is 0 Å². The molecule has 2 aliphatic heterocycles. The van der Waals surface area contributed by atoms with Crippen LogP contribution in [0.25, 0.3) is 10.9 Å². The van der Waals surface area contributed by atoms with Gasteiger partial charge >= 0.3 is 6.09 Å². The van der Waals surface area contributed by atoms with Crippen molar-refractivity contribution in [1.29, 1.82) is 0 Å². The lowest BCUT2D eigenvalue weighted by Gasteiger charge is -2.36. The average molecular weight is 1510 g/mol. The van der Waals surface area contributed by atoms with E-state index in [1.165, 1.54) is 18.7 Å². The van der Waals surface area contributed by atoms with Gasteiger partial charge in [0.25, 0.3) is 10.1 Å². The quantitative estimate of drug-likeness (QED) is 0.0140. The average Bonchev–Trinajstić information content (AvgIpc) is 1.63. The van der Waals surface area contributed by atoms with E-state index in [0.717, 1.165) is 38.3 Å². The molecule has 1 aromatic heterocycles. The normalized spacial score (nSPS) is 21.6. The van der Waals surface area contributed by atoms with Crippen LogP contribution in [0.15, 0.2) is 182 Å². The van der Waals surface area contributed by atoms with E-state index in [-0.39, 0.29) is 75.3 Å². The molecular formula is C76H92N10O15S4. The number of nitrogens with one attached hydrogen (secondary N) is 10. The molecule has 2 bridgehead atoms. The third-order valence-electron chi connectivity index (χ3n) is 17.8. The number of carbonyl (C=O) groups is 8. The predicted octanol–water partition coefficient (Wildman–Crippen LogP) is 5.74. The van der Waals surface area contributed by atoms with Gasteiger partial charge in [-0.05, 0) is 105 Å². The number of aliphatic hydroxyl groups is 2. The molecule has 7 aromatic rings. The Kier molecular flexibility index (Phi) is 29.4. The fourth-order valence-corrected chi connectivity index (χ4v) is 17.1. The van der Waals surface area contributed by atoms with Gasteiger partial charge in [-0.25, -0.2) is 4.79 Å². The van der Waals surface area contributed by atoms with Crippen LogP contribution < -0.4 is 47.9 Å². The molecule has 2 fully saturated rings. The molecule has 2 aliphatic rings. The maximum absolute atomic E-state index is 15.4. The summed E-state index contributed by atoms with van der Waals surface area (Å²) in [6.45, 7) is 5.84. The van der Waals surface area contributed by atoms with E-state index >= 15 is 14.4 Å². The summed E-state index contributed by atoms with van der Waals surface area (Å²) in [4.78, 5) is 120. The van der Waals surface area contributed by atoms with E-state index in [9.17, 15) is 47.2 Å². The molecular weight excluding hydrogens is 1420 g/mol. The molecule has 25 nitrogen and oxygen atoms in total. The molecule has 9 rings (SSSR count). The van der Waals surface area contributed by atoms with Crippen molar-refractivity contribution < 1.29 is 71.0 Å². The second-order valence-corrected chi connectivity index (χ2v) is 32.3. The molecule has 3 unspecified atom stereocenters. The van der Waals surface area contributed by atoms with Gasteiger partial charge in [-0.15, -0.1) is 11.8 Å². The molecule has 11 atom stereocenters. The van der Waals surface area contributed by atoms with E-state index in [1.54, 1.807) is 93.7 Å². The third-order valence-corrected chi connectivity index (χ3v) is 22.9. The van der Waals surface area contributed by atoms with Crippen LogP contribution in [0.1, 0.15) is 86.8 Å². The number of benzene rings is 6. The fraction of sp³-hybridized carbons (Fsp3) is 0.395. The Labute approximate surface area is 623 Å². The Hall–Kier alpha value is -8.78. The van der Waals surface area contributed by atoms with Gasteiger partial charge in [-0.2, -0.15) is 8.42 Å². The van der Waals surface area contributed by atoms with Crippen LogP contribution in [-0.2, 0) is 77.2 Å². The summed E-state index contributed by atoms with van der Waals surface area (Å²) >= 11 is 1.41. The number of hydrogen-bond donors (Lipinski definition) is 13. The fourth-order valence-electron chi connectivity index (χ4n) is 12.3. The highest BCUT2D eigenvalue weighted by molar-refractivity contribution is 8.76. The van der Waals surface area contributed by atoms with Crippen LogP contribution >= 0.6 is 33.3 Å². The van der Waals surface area contributed by atoms with Gasteiger partial charge in [0.05, 0.1) is 29.5 Å². The minimum atomic E-state index is -5.10. The zero-order valence-electron chi connectivity index (χ0n) is 58.7. The molecule has 0 saturated carbocycles. The van der Waals surface area contributed by atoms with Crippen LogP contribution in [-0.4, -0.2) is 184 Å². The van der Waals surface area contributed by atoms with Crippen LogP contribution in [0.3, 0.4) is 0 Å². The number of hydrogen-bond acceptors (Lipinski definition) is 18. The second-order valence-electron chi connectivity index (χ2n) is 26.8. The summed E-state index contributed by atoms with van der Waals surface area (Å²) in [7, 11) is -2.98. The first-order valence-electron chi connectivity index (χ1n) is 34.8. The van der Waals surface area contributed by atoms with Crippen molar-refractivity contribution in [3.05, 3.63) is 216 Å². The van der Waals surface area contributed by atoms with E-state index in [2.05, 4.69) is 52.8 Å². The number of aliphatic hydroxyl groups excluding tert-OH is 2. The van der Waals surface area contributed by atoms with E-state index in [0.29, 0.717) is 27.6 Å². The summed E-state index contributed by atoms with van der Waals surface area (Å²) in [5.41, 5.74) is 4.50. The summed E-state index contributed by atoms with van der Waals surface area (Å²) in [6, 6.07) is 42.9. The number of fused-ring (bicyclic) bond motifs is 4. The molecule has 3 heterocycles. The number of rotatable bonds is 25. The van der Waals surface area contributed by atoms with E-state index < -0.39 is 140 Å². The Morgan fingerprint density at radius 1 is 0.648 bits per heavy atom. The largest absolute Gasteiger partial charge is 0.444 e. The molecule has 13 N–H and O–H groups in total. The first-order valence-corrected chi connectivity index (χ1v) is 39.8. The molecule has 2 saturated heterocycles. The summed E-state index contributed by atoms with van der Waals surface area (Å²) in [6.07, 6.45) is -2.61. The first-order chi connectivity index (χ1) is 50.3. The number of carbonyl (C=O) groups excluding carboxylic acids is 8. The predicted molar refractivity (Wildman–Crippen MR) is 406 cm³/mol. The molecule has 6 aromatic carbocycles. The summed E-state index contributed by atoms with van der Waals surface area (Å²) in [5.74, 6) is -6.60. The lowest BCUT2D eigenvalue weighted by molar-refractivity contribution is -0.160. The molecule has 105 heavy (non-hydrogen) atoms. The topological polar surface area (TPSA) is 374 Å². The number of aromatic amines is 1. The van der Waals surface area contributed by atoms with Crippen molar-refractivity contribution >= 4 is 102 Å². The van der Waals surface area contributed by atoms with Gasteiger partial charge in [-0.3, -0.25) is 38.1 Å². The van der Waals surface area contributed by atoms with Gasteiger partial charge < -0.3 is 72.5 Å². The van der Waals surface area contributed by atoms with Gasteiger partial charge in [0, 0.05) is 60.6 Å². The Morgan fingerprint density at radius 2 is 1.19 bits per heavy atom. The van der Waals surface area contributed by atoms with Crippen molar-refractivity contribution in [3.63, 3.8) is 0 Å². The maximum atomic E-state index is 15.4. The van der Waals surface area contributed by atoms with Crippen molar-refractivity contribution in [2.75, 3.05) is 37.0 Å². The van der Waals surface area contributed by atoms with Crippen LogP contribution in [0.5, 0.6) is 0 Å². The zero-order valence-corrected chi connectivity index (χ0v) is 62.0. The highest BCUT2D eigenvalue weighted by Crippen LogP contribution is 2.49. The van der Waals surface area contributed by atoms with Crippen molar-refractivity contribution in [2.24, 2.45) is 0 Å². The molecule has 560 valence electrons. The molecule has 29 heteroatoms. The lowest BCUT2D eigenvalue weighted by Crippen LogP contribution is -2.64. The molecule has 0 spiro atoms. The smallest absolute Gasteiger partial charge is 0.407 e. The van der Waals surface area contributed by atoms with Gasteiger partial charge in [0.1, 0.15) is 29.8 Å². The second kappa shape index (κ2) is 38.5. The van der Waals surface area contributed by atoms with Gasteiger partial charge in [0.2, 0.25) is 41.4 Å². The molecule has 0 aliphatic carbocycles. The van der Waals surface area contributed by atoms with Crippen LogP contribution in [0.4, 0.5) is 4.79 Å². The van der Waals surface area contributed by atoms with Crippen molar-refractivity contribution in [2.45, 2.75) is 149 Å². The Bertz CT molecular complexity index is 4050. The lowest BCUT2D eigenvalue weighted by atomic mass is 9.84. The molecule has 8 amide bonds. The number of thioether (sulfide) groups is 1. The summed E-state index contributed by atoms with van der Waals surface area (Å²) in [5, 5.41) is 46.5.